The first-order valence-corrected chi connectivity index (χ1v) is 9.22. The van der Waals surface area contributed by atoms with Crippen LogP contribution in [0.1, 0.15) is 49.3 Å². The van der Waals surface area contributed by atoms with Gasteiger partial charge in [-0.1, -0.05) is 62.4 Å². The summed E-state index contributed by atoms with van der Waals surface area (Å²) in [5, 5.41) is 6.46. The first-order chi connectivity index (χ1) is 12.1. The Bertz CT molecular complexity index is 665. The Morgan fingerprint density at radius 2 is 1.76 bits per heavy atom. The lowest BCUT2D eigenvalue weighted by molar-refractivity contribution is -0.116. The third-order valence-electron chi connectivity index (χ3n) is 4.38. The second-order valence-electron chi connectivity index (χ2n) is 6.83. The fourth-order valence-electron chi connectivity index (χ4n) is 2.93. The number of hydrogen-bond donors (Lipinski definition) is 2. The van der Waals surface area contributed by atoms with E-state index < -0.39 is 0 Å². The molecule has 0 heterocycles. The van der Waals surface area contributed by atoms with Crippen LogP contribution in [-0.2, 0) is 11.2 Å². The molecule has 0 saturated heterocycles. The van der Waals surface area contributed by atoms with E-state index in [4.69, 9.17) is 0 Å². The molecule has 3 nitrogen and oxygen atoms in total. The smallest absolute Gasteiger partial charge is 0.225 e. The maximum atomic E-state index is 12.2. The Morgan fingerprint density at radius 1 is 1.00 bits per heavy atom. The topological polar surface area (TPSA) is 41.1 Å². The summed E-state index contributed by atoms with van der Waals surface area (Å²) < 4.78 is 0. The molecule has 0 aliphatic rings. The van der Waals surface area contributed by atoms with Gasteiger partial charge in [0.1, 0.15) is 0 Å². The molecule has 0 spiro atoms. The molecule has 0 aliphatic heterocycles. The number of nitrogens with one attached hydrogen (secondary N) is 2. The highest BCUT2D eigenvalue weighted by Crippen LogP contribution is 2.27. The van der Waals surface area contributed by atoms with E-state index in [1.807, 2.05) is 19.1 Å². The molecule has 0 fully saturated rings. The van der Waals surface area contributed by atoms with Crippen LogP contribution in [0.15, 0.2) is 48.5 Å². The summed E-state index contributed by atoms with van der Waals surface area (Å²) in [5.41, 5.74) is 4.66. The molecule has 2 aromatic rings. The molecular weight excluding hydrogens is 308 g/mol. The standard InChI is InChI=1S/C22H30N2O/c1-17(2)20-13-7-9-18(3)22(20)24-21(25)14-16-23-15-8-12-19-10-5-4-6-11-19/h4-7,9-11,13,17,23H,8,12,14-16H2,1-3H3,(H,24,25). The zero-order valence-corrected chi connectivity index (χ0v) is 15.6. The Morgan fingerprint density at radius 3 is 2.48 bits per heavy atom. The zero-order valence-electron chi connectivity index (χ0n) is 15.6. The first-order valence-electron chi connectivity index (χ1n) is 9.22. The maximum absolute atomic E-state index is 12.2. The number of rotatable bonds is 9. The van der Waals surface area contributed by atoms with E-state index in [1.165, 1.54) is 11.1 Å². The highest BCUT2D eigenvalue weighted by atomic mass is 16.1. The number of benzene rings is 2. The molecule has 3 heteroatoms. The minimum Gasteiger partial charge on any atom is -0.326 e. The summed E-state index contributed by atoms with van der Waals surface area (Å²) in [6.07, 6.45) is 2.65. The molecule has 1 amide bonds. The number of carbonyl (C=O) groups is 1. The van der Waals surface area contributed by atoms with E-state index >= 15 is 0 Å². The van der Waals surface area contributed by atoms with Gasteiger partial charge >= 0.3 is 0 Å². The lowest BCUT2D eigenvalue weighted by Gasteiger charge is -2.16. The number of para-hydroxylation sites is 1. The van der Waals surface area contributed by atoms with Crippen LogP contribution in [0.5, 0.6) is 0 Å². The molecule has 2 rings (SSSR count). The predicted molar refractivity (Wildman–Crippen MR) is 106 cm³/mol. The van der Waals surface area contributed by atoms with Crippen molar-refractivity contribution in [1.29, 1.82) is 0 Å². The van der Waals surface area contributed by atoms with E-state index in [0.717, 1.165) is 30.6 Å². The number of amides is 1. The molecule has 2 aromatic carbocycles. The average molecular weight is 338 g/mol. The van der Waals surface area contributed by atoms with Gasteiger partial charge in [-0.25, -0.2) is 0 Å². The van der Waals surface area contributed by atoms with Crippen LogP contribution in [0.4, 0.5) is 5.69 Å². The minimum absolute atomic E-state index is 0.0757. The molecule has 0 atom stereocenters. The lowest BCUT2D eigenvalue weighted by atomic mass is 9.98. The number of hydrogen-bond acceptors (Lipinski definition) is 2. The highest BCUT2D eigenvalue weighted by molar-refractivity contribution is 5.92. The minimum atomic E-state index is 0.0757. The molecule has 0 unspecified atom stereocenters. The summed E-state index contributed by atoms with van der Waals surface area (Å²) in [7, 11) is 0. The zero-order chi connectivity index (χ0) is 18.1. The van der Waals surface area contributed by atoms with E-state index in [1.54, 1.807) is 0 Å². The fourth-order valence-corrected chi connectivity index (χ4v) is 2.93. The van der Waals surface area contributed by atoms with Gasteiger partial charge in [-0.3, -0.25) is 4.79 Å². The summed E-state index contributed by atoms with van der Waals surface area (Å²) in [4.78, 5) is 12.2. The quantitative estimate of drug-likeness (QED) is 0.652. The molecule has 2 N–H and O–H groups in total. The van der Waals surface area contributed by atoms with Crippen LogP contribution in [-0.4, -0.2) is 19.0 Å². The van der Waals surface area contributed by atoms with Gasteiger partial charge in [0.25, 0.3) is 0 Å². The second-order valence-corrected chi connectivity index (χ2v) is 6.83. The molecule has 134 valence electrons. The third-order valence-corrected chi connectivity index (χ3v) is 4.38. The number of carbonyl (C=O) groups excluding carboxylic acids is 1. The Labute approximate surface area is 151 Å². The fraction of sp³-hybridized carbons (Fsp3) is 0.409. The summed E-state index contributed by atoms with van der Waals surface area (Å²) >= 11 is 0. The largest absolute Gasteiger partial charge is 0.326 e. The van der Waals surface area contributed by atoms with E-state index in [2.05, 4.69) is 60.9 Å². The van der Waals surface area contributed by atoms with Crippen molar-refractivity contribution >= 4 is 11.6 Å². The second kappa shape index (κ2) is 10.00. The molecule has 0 saturated carbocycles. The van der Waals surface area contributed by atoms with Gasteiger partial charge in [0.2, 0.25) is 5.91 Å². The van der Waals surface area contributed by atoms with Crippen LogP contribution in [0.25, 0.3) is 0 Å². The monoisotopic (exact) mass is 338 g/mol. The van der Waals surface area contributed by atoms with Crippen LogP contribution in [0.2, 0.25) is 0 Å². The van der Waals surface area contributed by atoms with Crippen LogP contribution in [0.3, 0.4) is 0 Å². The van der Waals surface area contributed by atoms with Crippen molar-refractivity contribution in [2.45, 2.75) is 46.0 Å². The van der Waals surface area contributed by atoms with Crippen LogP contribution in [0, 0.1) is 6.92 Å². The number of aryl methyl sites for hydroxylation is 2. The first kappa shape index (κ1) is 19.2. The SMILES string of the molecule is Cc1cccc(C(C)C)c1NC(=O)CCNCCCc1ccccc1. The van der Waals surface area contributed by atoms with E-state index in [9.17, 15) is 4.79 Å². The average Bonchev–Trinajstić information content (AvgIpc) is 2.60. The van der Waals surface area contributed by atoms with Gasteiger partial charge in [-0.05, 0) is 48.9 Å². The van der Waals surface area contributed by atoms with Gasteiger partial charge in [0.05, 0.1) is 0 Å². The van der Waals surface area contributed by atoms with Crippen LogP contribution >= 0.6 is 0 Å². The maximum Gasteiger partial charge on any atom is 0.225 e. The van der Waals surface area contributed by atoms with Crippen molar-refractivity contribution in [1.82, 2.24) is 5.32 Å². The van der Waals surface area contributed by atoms with Gasteiger partial charge in [0.15, 0.2) is 0 Å². The Hall–Kier alpha value is -2.13. The van der Waals surface area contributed by atoms with Crippen LogP contribution < -0.4 is 10.6 Å². The Kier molecular flexibility index (Phi) is 7.68. The highest BCUT2D eigenvalue weighted by Gasteiger charge is 2.11. The van der Waals surface area contributed by atoms with Crippen molar-refractivity contribution in [3.05, 3.63) is 65.2 Å². The molecular formula is C22H30N2O. The van der Waals surface area contributed by atoms with Crippen molar-refractivity contribution < 1.29 is 4.79 Å². The molecule has 0 radical (unpaired) electrons. The van der Waals surface area contributed by atoms with Crippen molar-refractivity contribution in [3.8, 4) is 0 Å². The van der Waals surface area contributed by atoms with E-state index in [-0.39, 0.29) is 5.91 Å². The van der Waals surface area contributed by atoms with Crippen molar-refractivity contribution in [3.63, 3.8) is 0 Å². The van der Waals surface area contributed by atoms with Crippen molar-refractivity contribution in [2.75, 3.05) is 18.4 Å². The van der Waals surface area contributed by atoms with Gasteiger partial charge in [0, 0.05) is 18.7 Å². The lowest BCUT2D eigenvalue weighted by Crippen LogP contribution is -2.23. The summed E-state index contributed by atoms with van der Waals surface area (Å²) in [6.45, 7) is 7.99. The summed E-state index contributed by atoms with van der Waals surface area (Å²) in [6, 6.07) is 16.7. The van der Waals surface area contributed by atoms with Crippen molar-refractivity contribution in [2.24, 2.45) is 0 Å². The predicted octanol–water partition coefficient (Wildman–Crippen LogP) is 4.67. The molecule has 0 bridgehead atoms. The third kappa shape index (κ3) is 6.35. The van der Waals surface area contributed by atoms with E-state index in [0.29, 0.717) is 18.9 Å². The normalized spacial score (nSPS) is 10.9. The molecule has 25 heavy (non-hydrogen) atoms. The van der Waals surface area contributed by atoms with Gasteiger partial charge in [-0.2, -0.15) is 0 Å². The Balaban J connectivity index is 1.69. The van der Waals surface area contributed by atoms with Gasteiger partial charge in [-0.15, -0.1) is 0 Å². The molecule has 0 aromatic heterocycles. The van der Waals surface area contributed by atoms with Gasteiger partial charge < -0.3 is 10.6 Å². The summed E-state index contributed by atoms with van der Waals surface area (Å²) in [5.74, 6) is 0.470. The molecule has 0 aliphatic carbocycles. The number of anilines is 1.